The first-order chi connectivity index (χ1) is 7.70. The number of benzene rings is 1. The molecule has 1 aromatic carbocycles. The van der Waals surface area contributed by atoms with E-state index >= 15 is 0 Å². The summed E-state index contributed by atoms with van der Waals surface area (Å²) in [5, 5.41) is 4.54. The molecule has 2 aliphatic rings. The van der Waals surface area contributed by atoms with Gasteiger partial charge in [0.1, 0.15) is 0 Å². The van der Waals surface area contributed by atoms with Gasteiger partial charge in [-0.3, -0.25) is 0 Å². The van der Waals surface area contributed by atoms with Crippen LogP contribution in [0.15, 0.2) is 18.2 Å². The molecule has 1 fully saturated rings. The van der Waals surface area contributed by atoms with E-state index in [1.807, 2.05) is 12.1 Å². The lowest BCUT2D eigenvalue weighted by Gasteiger charge is -2.42. The molecule has 16 heavy (non-hydrogen) atoms. The molecule has 0 bridgehead atoms. The Kier molecular flexibility index (Phi) is 2.28. The molecule has 0 amide bonds. The van der Waals surface area contributed by atoms with Gasteiger partial charge in [-0.15, -0.1) is 0 Å². The zero-order valence-electron chi connectivity index (χ0n) is 9.59. The van der Waals surface area contributed by atoms with Crippen LogP contribution in [-0.2, 0) is 0 Å². The Morgan fingerprint density at radius 1 is 1.31 bits per heavy atom. The highest BCUT2D eigenvalue weighted by Crippen LogP contribution is 2.44. The van der Waals surface area contributed by atoms with Crippen LogP contribution < -0.4 is 10.2 Å². The molecule has 3 heteroatoms. The minimum atomic E-state index is 0.271. The highest BCUT2D eigenvalue weighted by molar-refractivity contribution is 6.34. The first-order valence-electron chi connectivity index (χ1n) is 5.98. The van der Waals surface area contributed by atoms with E-state index < -0.39 is 0 Å². The normalized spacial score (nSPS) is 22.0. The first kappa shape index (κ1) is 10.3. The zero-order chi connectivity index (χ0) is 11.2. The van der Waals surface area contributed by atoms with E-state index in [1.54, 1.807) is 0 Å². The molecule has 1 saturated carbocycles. The van der Waals surface area contributed by atoms with Gasteiger partial charge < -0.3 is 10.2 Å². The maximum absolute atomic E-state index is 6.28. The standard InChI is InChI=1S/C13H17ClN2/c1-16-9-13(7-2-3-8-13)15-12-10(14)5-4-6-11(12)16/h4-6,15H,2-3,7-9H2,1H3. The average Bonchev–Trinajstić information content (AvgIpc) is 2.68. The van der Waals surface area contributed by atoms with Crippen molar-refractivity contribution in [1.29, 1.82) is 0 Å². The van der Waals surface area contributed by atoms with Crippen LogP contribution in [0.2, 0.25) is 5.02 Å². The van der Waals surface area contributed by atoms with Gasteiger partial charge in [-0.2, -0.15) is 0 Å². The Labute approximate surface area is 102 Å². The third kappa shape index (κ3) is 1.47. The largest absolute Gasteiger partial charge is 0.375 e. The summed E-state index contributed by atoms with van der Waals surface area (Å²) < 4.78 is 0. The zero-order valence-corrected chi connectivity index (χ0v) is 10.3. The highest BCUT2D eigenvalue weighted by Gasteiger charge is 2.39. The summed E-state index contributed by atoms with van der Waals surface area (Å²) in [5.41, 5.74) is 2.62. The molecule has 0 saturated heterocycles. The van der Waals surface area contributed by atoms with Crippen molar-refractivity contribution in [3.8, 4) is 0 Å². The third-order valence-corrected chi connectivity index (χ3v) is 4.21. The molecule has 0 aromatic heterocycles. The van der Waals surface area contributed by atoms with Crippen LogP contribution in [0, 0.1) is 0 Å². The van der Waals surface area contributed by atoms with Gasteiger partial charge in [-0.1, -0.05) is 30.5 Å². The SMILES string of the molecule is CN1CC2(CCCC2)Nc2c(Cl)cccc21. The Balaban J connectivity index is 2.04. The van der Waals surface area contributed by atoms with E-state index in [-0.39, 0.29) is 5.54 Å². The summed E-state index contributed by atoms with van der Waals surface area (Å²) in [5.74, 6) is 0. The number of hydrogen-bond acceptors (Lipinski definition) is 2. The number of rotatable bonds is 0. The van der Waals surface area contributed by atoms with Crippen LogP contribution in [0.1, 0.15) is 25.7 Å². The molecule has 1 aliphatic heterocycles. The van der Waals surface area contributed by atoms with Gasteiger partial charge in [0.15, 0.2) is 0 Å². The molecule has 1 N–H and O–H groups in total. The molecule has 1 heterocycles. The van der Waals surface area contributed by atoms with E-state index in [9.17, 15) is 0 Å². The van der Waals surface area contributed by atoms with Gasteiger partial charge >= 0.3 is 0 Å². The van der Waals surface area contributed by atoms with Crippen LogP contribution >= 0.6 is 11.6 Å². The second-order valence-corrected chi connectivity index (χ2v) is 5.51. The van der Waals surface area contributed by atoms with Gasteiger partial charge in [0.25, 0.3) is 0 Å². The Morgan fingerprint density at radius 3 is 2.81 bits per heavy atom. The molecular weight excluding hydrogens is 220 g/mol. The predicted octanol–water partition coefficient (Wildman–Crippen LogP) is 3.51. The lowest BCUT2D eigenvalue weighted by Crippen LogP contribution is -2.49. The molecule has 3 rings (SSSR count). The van der Waals surface area contributed by atoms with Crippen LogP contribution in [-0.4, -0.2) is 19.1 Å². The quantitative estimate of drug-likeness (QED) is 0.742. The van der Waals surface area contributed by atoms with Crippen molar-refractivity contribution in [3.63, 3.8) is 0 Å². The predicted molar refractivity (Wildman–Crippen MR) is 69.5 cm³/mol. The summed E-state index contributed by atoms with van der Waals surface area (Å²) in [4.78, 5) is 2.34. The van der Waals surface area contributed by atoms with Gasteiger partial charge in [-0.05, 0) is 25.0 Å². The monoisotopic (exact) mass is 236 g/mol. The van der Waals surface area contributed by atoms with Crippen molar-refractivity contribution in [3.05, 3.63) is 23.2 Å². The fraction of sp³-hybridized carbons (Fsp3) is 0.538. The molecule has 0 atom stereocenters. The highest BCUT2D eigenvalue weighted by atomic mass is 35.5. The topological polar surface area (TPSA) is 15.3 Å². The van der Waals surface area contributed by atoms with Crippen molar-refractivity contribution in [1.82, 2.24) is 0 Å². The van der Waals surface area contributed by atoms with Crippen LogP contribution in [0.4, 0.5) is 11.4 Å². The minimum Gasteiger partial charge on any atom is -0.375 e. The number of fused-ring (bicyclic) bond motifs is 1. The van der Waals surface area contributed by atoms with Crippen LogP contribution in [0.25, 0.3) is 0 Å². The van der Waals surface area contributed by atoms with Crippen LogP contribution in [0.5, 0.6) is 0 Å². The van der Waals surface area contributed by atoms with Gasteiger partial charge in [-0.25, -0.2) is 0 Å². The number of nitrogens with zero attached hydrogens (tertiary/aromatic N) is 1. The molecule has 0 unspecified atom stereocenters. The molecule has 1 spiro atoms. The second kappa shape index (κ2) is 3.56. The number of anilines is 2. The maximum Gasteiger partial charge on any atom is 0.0772 e. The lowest BCUT2D eigenvalue weighted by atomic mass is 9.93. The van der Waals surface area contributed by atoms with Crippen molar-refractivity contribution in [2.24, 2.45) is 0 Å². The molecular formula is C13H17ClN2. The number of para-hydroxylation sites is 1. The van der Waals surface area contributed by atoms with Crippen molar-refractivity contribution in [2.75, 3.05) is 23.8 Å². The van der Waals surface area contributed by atoms with E-state index in [4.69, 9.17) is 11.6 Å². The number of hydrogen-bond donors (Lipinski definition) is 1. The van der Waals surface area contributed by atoms with Crippen molar-refractivity contribution >= 4 is 23.0 Å². The average molecular weight is 237 g/mol. The molecule has 1 aromatic rings. The van der Waals surface area contributed by atoms with Gasteiger partial charge in [0.2, 0.25) is 0 Å². The number of halogens is 1. The van der Waals surface area contributed by atoms with Crippen LogP contribution in [0.3, 0.4) is 0 Å². The Morgan fingerprint density at radius 2 is 2.06 bits per heavy atom. The smallest absolute Gasteiger partial charge is 0.0772 e. The molecule has 2 nitrogen and oxygen atoms in total. The Bertz CT molecular complexity index is 410. The maximum atomic E-state index is 6.28. The minimum absolute atomic E-state index is 0.271. The van der Waals surface area contributed by atoms with Crippen molar-refractivity contribution in [2.45, 2.75) is 31.2 Å². The number of nitrogens with one attached hydrogen (secondary N) is 1. The second-order valence-electron chi connectivity index (χ2n) is 5.10. The molecule has 1 aliphatic carbocycles. The van der Waals surface area contributed by atoms with Gasteiger partial charge in [0, 0.05) is 13.6 Å². The summed E-state index contributed by atoms with van der Waals surface area (Å²) in [6.07, 6.45) is 5.20. The molecule has 0 radical (unpaired) electrons. The van der Waals surface area contributed by atoms with E-state index in [0.717, 1.165) is 17.3 Å². The summed E-state index contributed by atoms with van der Waals surface area (Å²) in [6.45, 7) is 1.10. The fourth-order valence-electron chi connectivity index (χ4n) is 3.13. The fourth-order valence-corrected chi connectivity index (χ4v) is 3.35. The van der Waals surface area contributed by atoms with E-state index in [2.05, 4.69) is 23.3 Å². The number of likely N-dealkylation sites (N-methyl/N-ethyl adjacent to an activating group) is 1. The van der Waals surface area contributed by atoms with E-state index in [1.165, 1.54) is 31.4 Å². The molecule has 86 valence electrons. The van der Waals surface area contributed by atoms with E-state index in [0.29, 0.717) is 0 Å². The summed E-state index contributed by atoms with van der Waals surface area (Å²) >= 11 is 6.28. The Hall–Kier alpha value is -0.890. The first-order valence-corrected chi connectivity index (χ1v) is 6.36. The van der Waals surface area contributed by atoms with Crippen molar-refractivity contribution < 1.29 is 0 Å². The van der Waals surface area contributed by atoms with Gasteiger partial charge in [0.05, 0.1) is 21.9 Å². The lowest BCUT2D eigenvalue weighted by molar-refractivity contribution is 0.472. The summed E-state index contributed by atoms with van der Waals surface area (Å²) in [6, 6.07) is 6.12. The summed E-state index contributed by atoms with van der Waals surface area (Å²) in [7, 11) is 2.16. The third-order valence-electron chi connectivity index (χ3n) is 3.89.